The van der Waals surface area contributed by atoms with Gasteiger partial charge in [0.1, 0.15) is 0 Å². The standard InChI is InChI=1S/C18H17ClN2O4/c19-13-5-4-8-15(11-13)21-16(22)9-10-18(24)25-12-17(23)20-14-6-2-1-3-7-14/h1-8,11H,9-10,12H2,(H,20,23)(H,21,22). The minimum Gasteiger partial charge on any atom is -0.456 e. The molecule has 2 rings (SSSR count). The fourth-order valence-electron chi connectivity index (χ4n) is 1.94. The van der Waals surface area contributed by atoms with Gasteiger partial charge in [0.15, 0.2) is 6.61 Å². The van der Waals surface area contributed by atoms with Crippen molar-refractivity contribution in [2.75, 3.05) is 17.2 Å². The average molecular weight is 361 g/mol. The van der Waals surface area contributed by atoms with Gasteiger partial charge in [-0.25, -0.2) is 0 Å². The molecule has 0 saturated heterocycles. The normalized spacial score (nSPS) is 9.96. The van der Waals surface area contributed by atoms with E-state index >= 15 is 0 Å². The fraction of sp³-hybridized carbons (Fsp3) is 0.167. The highest BCUT2D eigenvalue weighted by Crippen LogP contribution is 2.15. The van der Waals surface area contributed by atoms with Gasteiger partial charge in [-0.05, 0) is 30.3 Å². The Kier molecular flexibility index (Phi) is 6.98. The maximum Gasteiger partial charge on any atom is 0.306 e. The van der Waals surface area contributed by atoms with Crippen LogP contribution in [0.3, 0.4) is 0 Å². The summed E-state index contributed by atoms with van der Waals surface area (Å²) in [5.74, 6) is -1.40. The van der Waals surface area contributed by atoms with Crippen LogP contribution < -0.4 is 10.6 Å². The van der Waals surface area contributed by atoms with Crippen LogP contribution in [0.25, 0.3) is 0 Å². The molecule has 0 aromatic heterocycles. The third kappa shape index (κ3) is 7.05. The molecule has 0 unspecified atom stereocenters. The van der Waals surface area contributed by atoms with E-state index in [1.807, 2.05) is 6.07 Å². The number of carbonyl (C=O) groups excluding carboxylic acids is 3. The van der Waals surface area contributed by atoms with E-state index in [1.54, 1.807) is 48.5 Å². The molecular formula is C18H17ClN2O4. The van der Waals surface area contributed by atoms with Crippen molar-refractivity contribution in [3.8, 4) is 0 Å². The SMILES string of the molecule is O=C(CCC(=O)OCC(=O)Nc1ccccc1)Nc1cccc(Cl)c1. The van der Waals surface area contributed by atoms with Gasteiger partial charge in [-0.3, -0.25) is 14.4 Å². The Morgan fingerprint density at radius 2 is 1.52 bits per heavy atom. The van der Waals surface area contributed by atoms with Gasteiger partial charge in [0, 0.05) is 22.8 Å². The van der Waals surface area contributed by atoms with E-state index < -0.39 is 18.5 Å². The molecule has 0 heterocycles. The van der Waals surface area contributed by atoms with Crippen molar-refractivity contribution in [2.24, 2.45) is 0 Å². The topological polar surface area (TPSA) is 84.5 Å². The molecule has 0 saturated carbocycles. The van der Waals surface area contributed by atoms with Gasteiger partial charge in [0.05, 0.1) is 6.42 Å². The van der Waals surface area contributed by atoms with E-state index in [9.17, 15) is 14.4 Å². The molecule has 2 N–H and O–H groups in total. The lowest BCUT2D eigenvalue weighted by Gasteiger charge is -2.07. The highest BCUT2D eigenvalue weighted by molar-refractivity contribution is 6.30. The Morgan fingerprint density at radius 1 is 0.840 bits per heavy atom. The third-order valence-corrected chi connectivity index (χ3v) is 3.32. The first-order valence-electron chi connectivity index (χ1n) is 7.59. The number of esters is 1. The van der Waals surface area contributed by atoms with Crippen molar-refractivity contribution >= 4 is 40.8 Å². The molecule has 0 fully saturated rings. The second kappa shape index (κ2) is 9.44. The van der Waals surface area contributed by atoms with Crippen LogP contribution >= 0.6 is 11.6 Å². The molecule has 0 radical (unpaired) electrons. The number of ether oxygens (including phenoxy) is 1. The fourth-order valence-corrected chi connectivity index (χ4v) is 2.13. The van der Waals surface area contributed by atoms with E-state index in [1.165, 1.54) is 0 Å². The van der Waals surface area contributed by atoms with Crippen LogP contribution in [0, 0.1) is 0 Å². The molecule has 2 aromatic rings. The number of amides is 2. The van der Waals surface area contributed by atoms with Crippen molar-refractivity contribution in [3.63, 3.8) is 0 Å². The van der Waals surface area contributed by atoms with Gasteiger partial charge in [0.2, 0.25) is 5.91 Å². The van der Waals surface area contributed by atoms with Gasteiger partial charge in [-0.1, -0.05) is 35.9 Å². The number of rotatable bonds is 7. The summed E-state index contributed by atoms with van der Waals surface area (Å²) in [5, 5.41) is 5.72. The van der Waals surface area contributed by atoms with Crippen LogP contribution in [-0.2, 0) is 19.1 Å². The Bertz CT molecular complexity index is 750. The first kappa shape index (κ1) is 18.5. The molecule has 0 atom stereocenters. The maximum absolute atomic E-state index is 11.8. The van der Waals surface area contributed by atoms with E-state index in [0.717, 1.165) is 0 Å². The number of para-hydroxylation sites is 1. The summed E-state index contributed by atoms with van der Waals surface area (Å²) in [7, 11) is 0. The van der Waals surface area contributed by atoms with Crippen LogP contribution in [0.5, 0.6) is 0 Å². The van der Waals surface area contributed by atoms with E-state index in [4.69, 9.17) is 16.3 Å². The van der Waals surface area contributed by atoms with Crippen LogP contribution in [0.4, 0.5) is 11.4 Å². The Morgan fingerprint density at radius 3 is 2.24 bits per heavy atom. The van der Waals surface area contributed by atoms with E-state index in [-0.39, 0.29) is 18.7 Å². The summed E-state index contributed by atoms with van der Waals surface area (Å²) in [6.07, 6.45) is -0.170. The molecule has 2 amide bonds. The summed E-state index contributed by atoms with van der Waals surface area (Å²) in [5.41, 5.74) is 1.16. The van der Waals surface area contributed by atoms with Gasteiger partial charge in [0.25, 0.3) is 5.91 Å². The minimum atomic E-state index is -0.621. The van der Waals surface area contributed by atoms with Gasteiger partial charge in [-0.15, -0.1) is 0 Å². The molecular weight excluding hydrogens is 344 g/mol. The Balaban J connectivity index is 1.66. The van der Waals surface area contributed by atoms with Crippen LogP contribution in [-0.4, -0.2) is 24.4 Å². The third-order valence-electron chi connectivity index (χ3n) is 3.09. The lowest BCUT2D eigenvalue weighted by atomic mass is 10.2. The average Bonchev–Trinajstić information content (AvgIpc) is 2.59. The van der Waals surface area contributed by atoms with Crippen molar-refractivity contribution in [2.45, 2.75) is 12.8 Å². The predicted octanol–water partition coefficient (Wildman–Crippen LogP) is 3.24. The minimum absolute atomic E-state index is 0.0499. The highest BCUT2D eigenvalue weighted by atomic mass is 35.5. The molecule has 0 aliphatic carbocycles. The van der Waals surface area contributed by atoms with Crippen molar-refractivity contribution in [1.29, 1.82) is 0 Å². The number of anilines is 2. The number of hydrogen-bond donors (Lipinski definition) is 2. The summed E-state index contributed by atoms with van der Waals surface area (Å²) >= 11 is 5.82. The molecule has 0 bridgehead atoms. The van der Waals surface area contributed by atoms with E-state index in [0.29, 0.717) is 16.4 Å². The number of carbonyl (C=O) groups is 3. The van der Waals surface area contributed by atoms with Crippen LogP contribution in [0.15, 0.2) is 54.6 Å². The van der Waals surface area contributed by atoms with Gasteiger partial charge in [-0.2, -0.15) is 0 Å². The number of benzene rings is 2. The molecule has 0 spiro atoms. The Hall–Kier alpha value is -2.86. The summed E-state index contributed by atoms with van der Waals surface area (Å²) < 4.78 is 4.84. The summed E-state index contributed by atoms with van der Waals surface area (Å²) in [4.78, 5) is 35.0. The van der Waals surface area contributed by atoms with Crippen LogP contribution in [0.1, 0.15) is 12.8 Å². The first-order valence-corrected chi connectivity index (χ1v) is 7.96. The second-order valence-electron chi connectivity index (χ2n) is 5.13. The van der Waals surface area contributed by atoms with Gasteiger partial charge >= 0.3 is 5.97 Å². The summed E-state index contributed by atoms with van der Waals surface area (Å²) in [6, 6.07) is 15.5. The molecule has 7 heteroatoms. The van der Waals surface area contributed by atoms with Crippen LogP contribution in [0.2, 0.25) is 5.02 Å². The van der Waals surface area contributed by atoms with Crippen molar-refractivity contribution in [1.82, 2.24) is 0 Å². The van der Waals surface area contributed by atoms with E-state index in [2.05, 4.69) is 10.6 Å². The molecule has 0 aliphatic heterocycles. The quantitative estimate of drug-likeness (QED) is 0.742. The zero-order valence-electron chi connectivity index (χ0n) is 13.3. The van der Waals surface area contributed by atoms with Crippen molar-refractivity contribution in [3.05, 3.63) is 59.6 Å². The molecule has 2 aromatic carbocycles. The monoisotopic (exact) mass is 360 g/mol. The largest absolute Gasteiger partial charge is 0.456 e. The smallest absolute Gasteiger partial charge is 0.306 e. The maximum atomic E-state index is 11.8. The first-order chi connectivity index (χ1) is 12.0. The number of hydrogen-bond acceptors (Lipinski definition) is 4. The lowest BCUT2D eigenvalue weighted by molar-refractivity contribution is -0.147. The zero-order chi connectivity index (χ0) is 18.1. The molecule has 130 valence electrons. The lowest BCUT2D eigenvalue weighted by Crippen LogP contribution is -2.21. The zero-order valence-corrected chi connectivity index (χ0v) is 14.1. The van der Waals surface area contributed by atoms with Crippen molar-refractivity contribution < 1.29 is 19.1 Å². The predicted molar refractivity (Wildman–Crippen MR) is 95.3 cm³/mol. The molecule has 25 heavy (non-hydrogen) atoms. The molecule has 6 nitrogen and oxygen atoms in total. The summed E-state index contributed by atoms with van der Waals surface area (Å²) in [6.45, 7) is -0.399. The second-order valence-corrected chi connectivity index (χ2v) is 5.57. The number of halogens is 1. The highest BCUT2D eigenvalue weighted by Gasteiger charge is 2.11. The van der Waals surface area contributed by atoms with Gasteiger partial charge < -0.3 is 15.4 Å². The Labute approximate surface area is 150 Å². The molecule has 0 aliphatic rings. The number of nitrogens with one attached hydrogen (secondary N) is 2.